The molecule has 3 aromatic rings. The smallest absolute Gasteiger partial charge is 0.167 e. The number of aromatic amines is 1. The minimum atomic E-state index is 0.0179. The number of halogens is 1. The van der Waals surface area contributed by atoms with Crippen LogP contribution in [0.5, 0.6) is 0 Å². The molecule has 1 fully saturated rings. The van der Waals surface area contributed by atoms with Crippen LogP contribution in [0.3, 0.4) is 0 Å². The topological polar surface area (TPSA) is 49.0 Å². The van der Waals surface area contributed by atoms with Crippen LogP contribution in [0.4, 0.5) is 0 Å². The molecule has 1 unspecified atom stereocenters. The molecule has 138 valence electrons. The van der Waals surface area contributed by atoms with Crippen LogP contribution in [0.2, 0.25) is 5.02 Å². The second kappa shape index (κ2) is 8.07. The second-order valence-electron chi connectivity index (χ2n) is 7.09. The number of carbonyl (C=O) groups is 1. The van der Waals surface area contributed by atoms with E-state index in [4.69, 9.17) is 11.6 Å². The number of ketones is 1. The van der Waals surface area contributed by atoms with Gasteiger partial charge in [-0.25, -0.2) is 0 Å². The summed E-state index contributed by atoms with van der Waals surface area (Å²) in [5.74, 6) is 0.210. The number of Topliss-reactive ketones (excluding diaryl/α,β-unsaturated/α-hetero) is 1. The summed E-state index contributed by atoms with van der Waals surface area (Å²) in [5.41, 5.74) is 4.06. The summed E-state index contributed by atoms with van der Waals surface area (Å²) in [6.45, 7) is 2.56. The van der Waals surface area contributed by atoms with Crippen LogP contribution < -0.4 is 0 Å². The first kappa shape index (κ1) is 18.0. The summed E-state index contributed by atoms with van der Waals surface area (Å²) in [4.78, 5) is 15.2. The van der Waals surface area contributed by atoms with E-state index in [-0.39, 0.29) is 11.7 Å². The van der Waals surface area contributed by atoms with Crippen LogP contribution in [0.15, 0.2) is 60.8 Å². The van der Waals surface area contributed by atoms with Crippen molar-refractivity contribution >= 4 is 17.4 Å². The molecular weight excluding hydrogens is 358 g/mol. The van der Waals surface area contributed by atoms with Gasteiger partial charge in [-0.05, 0) is 37.1 Å². The average molecular weight is 380 g/mol. The molecule has 1 N–H and O–H groups in total. The number of likely N-dealkylation sites (tertiary alicyclic amines) is 1. The predicted molar refractivity (Wildman–Crippen MR) is 108 cm³/mol. The molecule has 0 bridgehead atoms. The molecule has 1 aliphatic rings. The Bertz CT molecular complexity index is 922. The van der Waals surface area contributed by atoms with Crippen LogP contribution in [-0.2, 0) is 6.54 Å². The van der Waals surface area contributed by atoms with E-state index in [1.54, 1.807) is 12.1 Å². The van der Waals surface area contributed by atoms with Gasteiger partial charge >= 0.3 is 0 Å². The van der Waals surface area contributed by atoms with Gasteiger partial charge in [0, 0.05) is 35.2 Å². The van der Waals surface area contributed by atoms with E-state index in [9.17, 15) is 4.79 Å². The highest BCUT2D eigenvalue weighted by atomic mass is 35.5. The summed E-state index contributed by atoms with van der Waals surface area (Å²) in [7, 11) is 0. The molecule has 1 aromatic heterocycles. The Balaban J connectivity index is 1.47. The molecule has 0 spiro atoms. The van der Waals surface area contributed by atoms with Gasteiger partial charge in [-0.15, -0.1) is 0 Å². The third kappa shape index (κ3) is 4.12. The lowest BCUT2D eigenvalue weighted by molar-refractivity contribution is 0.0812. The summed E-state index contributed by atoms with van der Waals surface area (Å²) in [6.07, 6.45) is 3.85. The SMILES string of the molecule is O=C(c1cccc(Cl)c1)C1CCCN(Cc2cn[nH]c2-c2ccccc2)C1. The lowest BCUT2D eigenvalue weighted by Crippen LogP contribution is -2.38. The zero-order valence-corrected chi connectivity index (χ0v) is 15.8. The largest absolute Gasteiger partial charge is 0.298 e. The number of nitrogens with one attached hydrogen (secondary N) is 1. The van der Waals surface area contributed by atoms with Gasteiger partial charge in [0.2, 0.25) is 0 Å². The molecule has 5 heteroatoms. The molecule has 27 heavy (non-hydrogen) atoms. The lowest BCUT2D eigenvalue weighted by Gasteiger charge is -2.32. The van der Waals surface area contributed by atoms with Crippen molar-refractivity contribution in [1.29, 1.82) is 0 Å². The van der Waals surface area contributed by atoms with Gasteiger partial charge in [0.15, 0.2) is 5.78 Å². The van der Waals surface area contributed by atoms with Crippen molar-refractivity contribution in [2.24, 2.45) is 5.92 Å². The third-order valence-electron chi connectivity index (χ3n) is 5.16. The lowest BCUT2D eigenvalue weighted by atomic mass is 9.90. The maximum absolute atomic E-state index is 12.9. The van der Waals surface area contributed by atoms with Gasteiger partial charge in [0.25, 0.3) is 0 Å². The maximum Gasteiger partial charge on any atom is 0.167 e. The summed E-state index contributed by atoms with van der Waals surface area (Å²) >= 11 is 6.05. The molecule has 1 aliphatic heterocycles. The predicted octanol–water partition coefficient (Wildman–Crippen LogP) is 4.83. The zero-order valence-electron chi connectivity index (χ0n) is 15.1. The van der Waals surface area contributed by atoms with Crippen molar-refractivity contribution < 1.29 is 4.79 Å². The Morgan fingerprint density at radius 3 is 2.85 bits per heavy atom. The number of hydrogen-bond donors (Lipinski definition) is 1. The first-order valence-corrected chi connectivity index (χ1v) is 9.68. The van der Waals surface area contributed by atoms with Crippen LogP contribution in [0, 0.1) is 5.92 Å². The van der Waals surface area contributed by atoms with E-state index < -0.39 is 0 Å². The molecule has 2 aromatic carbocycles. The minimum Gasteiger partial charge on any atom is -0.298 e. The van der Waals surface area contributed by atoms with E-state index in [0.29, 0.717) is 10.6 Å². The highest BCUT2D eigenvalue weighted by molar-refractivity contribution is 6.31. The van der Waals surface area contributed by atoms with Gasteiger partial charge in [-0.1, -0.05) is 54.1 Å². The molecule has 4 nitrogen and oxygen atoms in total. The second-order valence-corrected chi connectivity index (χ2v) is 7.52. The fourth-order valence-corrected chi connectivity index (χ4v) is 4.01. The Labute approximate surface area is 164 Å². The fourth-order valence-electron chi connectivity index (χ4n) is 3.82. The summed E-state index contributed by atoms with van der Waals surface area (Å²) < 4.78 is 0. The minimum absolute atomic E-state index is 0.0179. The molecule has 1 saturated heterocycles. The summed E-state index contributed by atoms with van der Waals surface area (Å²) in [6, 6.07) is 17.5. The van der Waals surface area contributed by atoms with Gasteiger partial charge < -0.3 is 0 Å². The molecule has 4 rings (SSSR count). The number of benzene rings is 2. The Morgan fingerprint density at radius 1 is 1.19 bits per heavy atom. The highest BCUT2D eigenvalue weighted by Gasteiger charge is 2.27. The summed E-state index contributed by atoms with van der Waals surface area (Å²) in [5, 5.41) is 7.97. The third-order valence-corrected chi connectivity index (χ3v) is 5.39. The number of piperidine rings is 1. The van der Waals surface area contributed by atoms with Crippen molar-refractivity contribution in [2.45, 2.75) is 19.4 Å². The van der Waals surface area contributed by atoms with Crippen molar-refractivity contribution in [1.82, 2.24) is 15.1 Å². The molecule has 0 radical (unpaired) electrons. The molecule has 1 atom stereocenters. The maximum atomic E-state index is 12.9. The fraction of sp³-hybridized carbons (Fsp3) is 0.273. The number of carbonyl (C=O) groups excluding carboxylic acids is 1. The monoisotopic (exact) mass is 379 g/mol. The van der Waals surface area contributed by atoms with Crippen molar-refractivity contribution in [3.63, 3.8) is 0 Å². The van der Waals surface area contributed by atoms with Gasteiger partial charge in [-0.2, -0.15) is 5.10 Å². The van der Waals surface area contributed by atoms with E-state index in [1.165, 1.54) is 0 Å². The molecule has 2 heterocycles. The average Bonchev–Trinajstić information content (AvgIpc) is 3.16. The molecule has 0 amide bonds. The van der Waals surface area contributed by atoms with Gasteiger partial charge in [-0.3, -0.25) is 14.8 Å². The van der Waals surface area contributed by atoms with Gasteiger partial charge in [0.1, 0.15) is 0 Å². The quantitative estimate of drug-likeness (QED) is 0.646. The van der Waals surface area contributed by atoms with Crippen LogP contribution >= 0.6 is 11.6 Å². The normalized spacial score (nSPS) is 17.7. The molecular formula is C22H22ClN3O. The number of rotatable bonds is 5. The van der Waals surface area contributed by atoms with Crippen molar-refractivity contribution in [2.75, 3.05) is 13.1 Å². The van der Waals surface area contributed by atoms with E-state index in [2.05, 4.69) is 27.2 Å². The first-order chi connectivity index (χ1) is 13.2. The van der Waals surface area contributed by atoms with Crippen molar-refractivity contribution in [3.8, 4) is 11.3 Å². The van der Waals surface area contributed by atoms with E-state index in [1.807, 2.05) is 36.5 Å². The Kier molecular flexibility index (Phi) is 5.37. The number of nitrogens with zero attached hydrogens (tertiary/aromatic N) is 2. The zero-order chi connectivity index (χ0) is 18.6. The Hall–Kier alpha value is -2.43. The molecule has 0 aliphatic carbocycles. The number of H-pyrrole nitrogens is 1. The van der Waals surface area contributed by atoms with Crippen LogP contribution in [-0.4, -0.2) is 34.0 Å². The van der Waals surface area contributed by atoms with E-state index in [0.717, 1.165) is 49.3 Å². The first-order valence-electron chi connectivity index (χ1n) is 9.30. The standard InChI is InChI=1S/C22H22ClN3O/c23-20-10-4-8-17(12-20)22(27)18-9-5-11-26(14-18)15-19-13-24-25-21(19)16-6-2-1-3-7-16/h1-4,6-8,10,12-13,18H,5,9,11,14-15H2,(H,24,25). The van der Waals surface area contributed by atoms with Crippen LogP contribution in [0.25, 0.3) is 11.3 Å². The van der Waals surface area contributed by atoms with E-state index >= 15 is 0 Å². The number of aromatic nitrogens is 2. The van der Waals surface area contributed by atoms with Crippen molar-refractivity contribution in [3.05, 3.63) is 76.9 Å². The van der Waals surface area contributed by atoms with Gasteiger partial charge in [0.05, 0.1) is 11.9 Å². The Morgan fingerprint density at radius 2 is 2.04 bits per heavy atom. The van der Waals surface area contributed by atoms with Crippen LogP contribution in [0.1, 0.15) is 28.8 Å². The number of hydrogen-bond acceptors (Lipinski definition) is 3. The highest BCUT2D eigenvalue weighted by Crippen LogP contribution is 2.26. The molecule has 0 saturated carbocycles.